The zero-order chi connectivity index (χ0) is 17.2. The van der Waals surface area contributed by atoms with E-state index in [9.17, 15) is 13.5 Å². The third kappa shape index (κ3) is 3.25. The predicted molar refractivity (Wildman–Crippen MR) is 92.2 cm³/mol. The molecule has 1 saturated heterocycles. The van der Waals surface area contributed by atoms with E-state index in [1.807, 2.05) is 31.2 Å². The molecule has 0 amide bonds. The highest BCUT2D eigenvalue weighted by molar-refractivity contribution is 7.89. The van der Waals surface area contributed by atoms with Crippen LogP contribution in [0.25, 0.3) is 10.8 Å². The van der Waals surface area contributed by atoms with Gasteiger partial charge in [-0.25, -0.2) is 13.4 Å². The third-order valence-electron chi connectivity index (χ3n) is 4.10. The van der Waals surface area contributed by atoms with Gasteiger partial charge in [-0.15, -0.1) is 4.41 Å². The van der Waals surface area contributed by atoms with E-state index >= 15 is 0 Å². The molecule has 1 N–H and O–H groups in total. The molecule has 1 aliphatic rings. The first-order valence-electron chi connectivity index (χ1n) is 8.11. The summed E-state index contributed by atoms with van der Waals surface area (Å²) < 4.78 is 33.0. The number of sulfonamides is 1. The molecule has 1 aliphatic heterocycles. The van der Waals surface area contributed by atoms with E-state index in [2.05, 4.69) is 0 Å². The lowest BCUT2D eigenvalue weighted by atomic mass is 10.1. The van der Waals surface area contributed by atoms with Gasteiger partial charge in [0.25, 0.3) is 10.0 Å². The normalized spacial score (nSPS) is 16.8. The van der Waals surface area contributed by atoms with Gasteiger partial charge in [0.2, 0.25) is 0 Å². The van der Waals surface area contributed by atoms with E-state index in [1.54, 1.807) is 11.1 Å². The number of phenols is 1. The van der Waals surface area contributed by atoms with Crippen LogP contribution in [0.15, 0.2) is 41.3 Å². The smallest absolute Gasteiger partial charge is 0.259 e. The van der Waals surface area contributed by atoms with Crippen molar-refractivity contribution in [2.75, 3.05) is 32.8 Å². The number of morpholine rings is 1. The second-order valence-electron chi connectivity index (χ2n) is 5.78. The molecule has 2 aromatic carbocycles. The topological polar surface area (TPSA) is 70.1 Å². The summed E-state index contributed by atoms with van der Waals surface area (Å²) in [5, 5.41) is 13.7. The van der Waals surface area contributed by atoms with Crippen molar-refractivity contribution < 1.29 is 18.3 Å². The summed E-state index contributed by atoms with van der Waals surface area (Å²) in [5.74, 6) is -0.219. The lowest BCUT2D eigenvalue weighted by molar-refractivity contribution is -0.0418. The van der Waals surface area contributed by atoms with Gasteiger partial charge in [-0.1, -0.05) is 31.2 Å². The Labute approximate surface area is 142 Å². The van der Waals surface area contributed by atoms with Gasteiger partial charge in [0, 0.05) is 19.6 Å². The average Bonchev–Trinajstić information content (AvgIpc) is 2.59. The zero-order valence-electron chi connectivity index (χ0n) is 13.7. The Morgan fingerprint density at radius 1 is 1.17 bits per heavy atom. The molecular formula is C17H22N2O4S. The molecule has 0 aromatic heterocycles. The summed E-state index contributed by atoms with van der Waals surface area (Å²) in [7, 11) is -3.83. The van der Waals surface area contributed by atoms with Gasteiger partial charge < -0.3 is 9.84 Å². The van der Waals surface area contributed by atoms with Crippen molar-refractivity contribution in [3.63, 3.8) is 0 Å². The molecule has 7 heteroatoms. The fraction of sp³-hybridized carbons (Fsp3) is 0.412. The van der Waals surface area contributed by atoms with Crippen LogP contribution in [0.5, 0.6) is 5.75 Å². The second-order valence-corrected chi connectivity index (χ2v) is 7.60. The molecule has 0 unspecified atom stereocenters. The molecule has 0 spiro atoms. The van der Waals surface area contributed by atoms with E-state index in [4.69, 9.17) is 4.74 Å². The number of aromatic hydroxyl groups is 1. The summed E-state index contributed by atoms with van der Waals surface area (Å²) in [6.45, 7) is 4.35. The maximum Gasteiger partial charge on any atom is 0.259 e. The summed E-state index contributed by atoms with van der Waals surface area (Å²) >= 11 is 0. The minimum absolute atomic E-state index is 0.0545. The van der Waals surface area contributed by atoms with Crippen molar-refractivity contribution in [2.24, 2.45) is 0 Å². The molecule has 6 nitrogen and oxygen atoms in total. The predicted octanol–water partition coefficient (Wildman–Crippen LogP) is 2.19. The Balaban J connectivity index is 2.05. The summed E-state index contributed by atoms with van der Waals surface area (Å²) in [6, 6.07) is 10.4. The van der Waals surface area contributed by atoms with E-state index in [-0.39, 0.29) is 10.6 Å². The molecule has 24 heavy (non-hydrogen) atoms. The molecule has 1 fully saturated rings. The van der Waals surface area contributed by atoms with E-state index in [0.717, 1.165) is 10.8 Å². The van der Waals surface area contributed by atoms with Crippen LogP contribution in [0.4, 0.5) is 0 Å². The van der Waals surface area contributed by atoms with Crippen LogP contribution < -0.4 is 0 Å². The van der Waals surface area contributed by atoms with E-state index in [1.165, 1.54) is 10.5 Å². The molecule has 0 saturated carbocycles. The highest BCUT2D eigenvalue weighted by Crippen LogP contribution is 2.31. The van der Waals surface area contributed by atoms with Crippen LogP contribution in [0.1, 0.15) is 13.3 Å². The Morgan fingerprint density at radius 3 is 2.42 bits per heavy atom. The first-order chi connectivity index (χ1) is 11.5. The molecular weight excluding hydrogens is 328 g/mol. The van der Waals surface area contributed by atoms with Crippen LogP contribution in [-0.2, 0) is 14.8 Å². The number of phenolic OH excluding ortho intramolecular Hbond substituents is 1. The zero-order valence-corrected chi connectivity index (χ0v) is 14.5. The van der Waals surface area contributed by atoms with Crippen molar-refractivity contribution in [2.45, 2.75) is 18.2 Å². The second kappa shape index (κ2) is 7.06. The Bertz CT molecular complexity index is 816. The van der Waals surface area contributed by atoms with Gasteiger partial charge in [0.15, 0.2) is 0 Å². The average molecular weight is 350 g/mol. The third-order valence-corrected chi connectivity index (χ3v) is 5.95. The van der Waals surface area contributed by atoms with Crippen LogP contribution in [-0.4, -0.2) is 55.8 Å². The van der Waals surface area contributed by atoms with Crippen molar-refractivity contribution in [3.8, 4) is 5.75 Å². The SMILES string of the molecule is CCCN(N1CCOCC1)S(=O)(=O)c1cc2ccccc2cc1O. The molecule has 0 aliphatic carbocycles. The van der Waals surface area contributed by atoms with Crippen molar-refractivity contribution >= 4 is 20.8 Å². The van der Waals surface area contributed by atoms with Crippen molar-refractivity contribution in [3.05, 3.63) is 36.4 Å². The van der Waals surface area contributed by atoms with Gasteiger partial charge in [0.05, 0.1) is 13.2 Å². The van der Waals surface area contributed by atoms with Gasteiger partial charge in [-0.2, -0.15) is 0 Å². The Kier molecular flexibility index (Phi) is 5.05. The van der Waals surface area contributed by atoms with Crippen molar-refractivity contribution in [1.82, 2.24) is 9.42 Å². The number of nitrogens with zero attached hydrogens (tertiary/aromatic N) is 2. The summed E-state index contributed by atoms with van der Waals surface area (Å²) in [4.78, 5) is -0.0545. The quantitative estimate of drug-likeness (QED) is 0.895. The fourth-order valence-electron chi connectivity index (χ4n) is 2.91. The van der Waals surface area contributed by atoms with E-state index in [0.29, 0.717) is 39.3 Å². The maximum atomic E-state index is 13.2. The lowest BCUT2D eigenvalue weighted by Crippen LogP contribution is -2.51. The number of rotatable bonds is 5. The Hall–Kier alpha value is -1.67. The van der Waals surface area contributed by atoms with Crippen LogP contribution >= 0.6 is 0 Å². The number of hydrogen-bond acceptors (Lipinski definition) is 5. The number of fused-ring (bicyclic) bond motifs is 1. The number of ether oxygens (including phenoxy) is 1. The standard InChI is InChI=1S/C17H22N2O4S/c1-2-7-19(18-8-10-23-11-9-18)24(21,22)17-13-15-6-4-3-5-14(15)12-16(17)20/h3-6,12-13,20H,2,7-11H2,1H3. The molecule has 1 heterocycles. The molecule has 0 radical (unpaired) electrons. The number of hydrogen-bond donors (Lipinski definition) is 1. The van der Waals surface area contributed by atoms with Crippen molar-refractivity contribution in [1.29, 1.82) is 0 Å². The molecule has 3 rings (SSSR count). The van der Waals surface area contributed by atoms with Crippen LogP contribution in [0.2, 0.25) is 0 Å². The Morgan fingerprint density at radius 2 is 1.79 bits per heavy atom. The molecule has 0 bridgehead atoms. The first kappa shape index (κ1) is 17.2. The highest BCUT2D eigenvalue weighted by atomic mass is 32.2. The largest absolute Gasteiger partial charge is 0.507 e. The fourth-order valence-corrected chi connectivity index (χ4v) is 4.63. The van der Waals surface area contributed by atoms with Gasteiger partial charge >= 0.3 is 0 Å². The maximum absolute atomic E-state index is 13.2. The van der Waals surface area contributed by atoms with E-state index < -0.39 is 10.0 Å². The number of hydrazine groups is 1. The van der Waals surface area contributed by atoms with Gasteiger partial charge in [0.1, 0.15) is 10.6 Å². The van der Waals surface area contributed by atoms with Gasteiger partial charge in [-0.3, -0.25) is 0 Å². The molecule has 2 aromatic rings. The number of benzene rings is 2. The summed E-state index contributed by atoms with van der Waals surface area (Å²) in [5.41, 5.74) is 0. The van der Waals surface area contributed by atoms with Crippen LogP contribution in [0.3, 0.4) is 0 Å². The van der Waals surface area contributed by atoms with Gasteiger partial charge in [-0.05, 0) is 29.3 Å². The highest BCUT2D eigenvalue weighted by Gasteiger charge is 2.32. The minimum atomic E-state index is -3.83. The first-order valence-corrected chi connectivity index (χ1v) is 9.55. The summed E-state index contributed by atoms with van der Waals surface area (Å²) in [6.07, 6.45) is 0.685. The minimum Gasteiger partial charge on any atom is -0.507 e. The monoisotopic (exact) mass is 350 g/mol. The lowest BCUT2D eigenvalue weighted by Gasteiger charge is -2.36. The van der Waals surface area contributed by atoms with Crippen LogP contribution in [0, 0.1) is 0 Å². The molecule has 0 atom stereocenters. The molecule has 130 valence electrons.